The molecule has 0 saturated carbocycles. The molecule has 1 heterocycles. The van der Waals surface area contributed by atoms with Crippen LogP contribution in [-0.2, 0) is 13.0 Å². The standard InChI is InChI=1S/C9H17N3S/c1-9(2,3)5-7-11-12-8(13-7)6-10-4/h10H,5-6H2,1-4H3. The molecule has 0 atom stereocenters. The van der Waals surface area contributed by atoms with Crippen LogP contribution in [0.15, 0.2) is 0 Å². The van der Waals surface area contributed by atoms with Gasteiger partial charge in [-0.15, -0.1) is 21.5 Å². The number of aromatic nitrogens is 2. The van der Waals surface area contributed by atoms with Gasteiger partial charge in [0.05, 0.1) is 0 Å². The largest absolute Gasteiger partial charge is 0.313 e. The fraction of sp³-hybridized carbons (Fsp3) is 0.778. The molecular formula is C9H17N3S. The van der Waals surface area contributed by atoms with Gasteiger partial charge in [0.1, 0.15) is 10.0 Å². The third kappa shape index (κ3) is 3.83. The third-order valence-corrected chi connectivity index (χ3v) is 2.44. The summed E-state index contributed by atoms with van der Waals surface area (Å²) in [5, 5.41) is 13.5. The van der Waals surface area contributed by atoms with Crippen LogP contribution in [0, 0.1) is 5.41 Å². The van der Waals surface area contributed by atoms with E-state index in [-0.39, 0.29) is 0 Å². The Morgan fingerprint density at radius 3 is 2.38 bits per heavy atom. The van der Waals surface area contributed by atoms with Crippen molar-refractivity contribution in [3.05, 3.63) is 10.0 Å². The Morgan fingerprint density at radius 1 is 1.23 bits per heavy atom. The maximum Gasteiger partial charge on any atom is 0.131 e. The predicted molar refractivity (Wildman–Crippen MR) is 55.8 cm³/mol. The van der Waals surface area contributed by atoms with E-state index in [4.69, 9.17) is 0 Å². The lowest BCUT2D eigenvalue weighted by Gasteiger charge is -2.14. The Hall–Kier alpha value is -0.480. The molecule has 1 rings (SSSR count). The van der Waals surface area contributed by atoms with E-state index >= 15 is 0 Å². The second kappa shape index (κ2) is 4.15. The zero-order valence-corrected chi connectivity index (χ0v) is 9.53. The van der Waals surface area contributed by atoms with E-state index < -0.39 is 0 Å². The monoisotopic (exact) mass is 199 g/mol. The molecule has 4 heteroatoms. The Morgan fingerprint density at radius 2 is 1.85 bits per heavy atom. The smallest absolute Gasteiger partial charge is 0.131 e. The molecule has 0 aliphatic carbocycles. The highest BCUT2D eigenvalue weighted by Gasteiger charge is 2.14. The predicted octanol–water partition coefficient (Wildman–Crippen LogP) is 1.85. The summed E-state index contributed by atoms with van der Waals surface area (Å²) in [5.74, 6) is 0. The Bertz CT molecular complexity index is 262. The van der Waals surface area contributed by atoms with Crippen LogP contribution in [0.1, 0.15) is 30.8 Å². The fourth-order valence-electron chi connectivity index (χ4n) is 1.04. The molecule has 74 valence electrons. The van der Waals surface area contributed by atoms with E-state index in [9.17, 15) is 0 Å². The van der Waals surface area contributed by atoms with Gasteiger partial charge in [0.25, 0.3) is 0 Å². The molecule has 0 spiro atoms. The third-order valence-electron chi connectivity index (χ3n) is 1.52. The minimum absolute atomic E-state index is 0.302. The van der Waals surface area contributed by atoms with Crippen molar-refractivity contribution in [1.29, 1.82) is 0 Å². The summed E-state index contributed by atoms with van der Waals surface area (Å²) < 4.78 is 0. The van der Waals surface area contributed by atoms with Gasteiger partial charge in [-0.2, -0.15) is 0 Å². The zero-order chi connectivity index (χ0) is 9.90. The van der Waals surface area contributed by atoms with Crippen molar-refractivity contribution >= 4 is 11.3 Å². The molecule has 1 N–H and O–H groups in total. The second-order valence-corrected chi connectivity index (χ2v) is 5.50. The lowest BCUT2D eigenvalue weighted by molar-refractivity contribution is 0.409. The molecule has 0 radical (unpaired) electrons. The van der Waals surface area contributed by atoms with Gasteiger partial charge < -0.3 is 5.32 Å². The van der Waals surface area contributed by atoms with E-state index in [1.807, 2.05) is 7.05 Å². The molecule has 0 amide bonds. The minimum Gasteiger partial charge on any atom is -0.313 e. The van der Waals surface area contributed by atoms with Gasteiger partial charge in [-0.05, 0) is 12.5 Å². The number of hydrogen-bond donors (Lipinski definition) is 1. The number of nitrogens with zero attached hydrogens (tertiary/aromatic N) is 2. The lowest BCUT2D eigenvalue weighted by Crippen LogP contribution is -2.08. The highest BCUT2D eigenvalue weighted by atomic mass is 32.1. The molecule has 0 unspecified atom stereocenters. The Balaban J connectivity index is 2.59. The van der Waals surface area contributed by atoms with Gasteiger partial charge in [-0.1, -0.05) is 20.8 Å². The number of rotatable bonds is 3. The summed E-state index contributed by atoms with van der Waals surface area (Å²) in [6.07, 6.45) is 1.01. The van der Waals surface area contributed by atoms with Crippen LogP contribution >= 0.6 is 11.3 Å². The highest BCUT2D eigenvalue weighted by Crippen LogP contribution is 2.22. The first kappa shape index (κ1) is 10.6. The molecule has 0 aromatic carbocycles. The van der Waals surface area contributed by atoms with Crippen LogP contribution in [-0.4, -0.2) is 17.2 Å². The molecule has 1 aromatic heterocycles. The first-order valence-corrected chi connectivity index (χ1v) is 5.29. The molecular weight excluding hydrogens is 182 g/mol. The summed E-state index contributed by atoms with van der Waals surface area (Å²) in [6, 6.07) is 0. The maximum atomic E-state index is 4.15. The van der Waals surface area contributed by atoms with E-state index in [1.165, 1.54) is 0 Å². The molecule has 0 aliphatic rings. The molecule has 0 bridgehead atoms. The van der Waals surface area contributed by atoms with E-state index in [1.54, 1.807) is 11.3 Å². The van der Waals surface area contributed by atoms with Crippen molar-refractivity contribution in [3.8, 4) is 0 Å². The van der Waals surface area contributed by atoms with Crippen LogP contribution in [0.5, 0.6) is 0 Å². The van der Waals surface area contributed by atoms with Crippen molar-refractivity contribution in [1.82, 2.24) is 15.5 Å². The maximum absolute atomic E-state index is 4.15. The summed E-state index contributed by atoms with van der Waals surface area (Å²) in [6.45, 7) is 7.46. The quantitative estimate of drug-likeness (QED) is 0.807. The molecule has 3 nitrogen and oxygen atoms in total. The van der Waals surface area contributed by atoms with Crippen molar-refractivity contribution in [2.45, 2.75) is 33.7 Å². The molecule has 0 fully saturated rings. The Kier molecular flexibility index (Phi) is 3.39. The average molecular weight is 199 g/mol. The first-order chi connectivity index (χ1) is 6.01. The minimum atomic E-state index is 0.302. The lowest BCUT2D eigenvalue weighted by atomic mass is 9.93. The van der Waals surface area contributed by atoms with Gasteiger partial charge in [0.15, 0.2) is 0 Å². The van der Waals surface area contributed by atoms with E-state index in [2.05, 4.69) is 36.3 Å². The van der Waals surface area contributed by atoms with Crippen molar-refractivity contribution < 1.29 is 0 Å². The van der Waals surface area contributed by atoms with Crippen molar-refractivity contribution in [2.75, 3.05) is 7.05 Å². The molecule has 0 saturated heterocycles. The second-order valence-electron chi connectivity index (χ2n) is 4.36. The van der Waals surface area contributed by atoms with Gasteiger partial charge >= 0.3 is 0 Å². The number of hydrogen-bond acceptors (Lipinski definition) is 4. The van der Waals surface area contributed by atoms with Crippen molar-refractivity contribution in [2.24, 2.45) is 5.41 Å². The highest BCUT2D eigenvalue weighted by molar-refractivity contribution is 7.11. The number of nitrogens with one attached hydrogen (secondary N) is 1. The van der Waals surface area contributed by atoms with Crippen LogP contribution < -0.4 is 5.32 Å². The summed E-state index contributed by atoms with van der Waals surface area (Å²) in [7, 11) is 1.92. The fourth-order valence-corrected chi connectivity index (χ4v) is 2.19. The van der Waals surface area contributed by atoms with Crippen LogP contribution in [0.2, 0.25) is 0 Å². The van der Waals surface area contributed by atoms with E-state index in [0.717, 1.165) is 23.0 Å². The van der Waals surface area contributed by atoms with Crippen LogP contribution in [0.3, 0.4) is 0 Å². The van der Waals surface area contributed by atoms with Gasteiger partial charge in [-0.25, -0.2) is 0 Å². The van der Waals surface area contributed by atoms with Crippen LogP contribution in [0.4, 0.5) is 0 Å². The summed E-state index contributed by atoms with van der Waals surface area (Å²) in [5.41, 5.74) is 0.302. The Labute approximate surface area is 83.6 Å². The van der Waals surface area contributed by atoms with Gasteiger partial charge in [0.2, 0.25) is 0 Å². The molecule has 1 aromatic rings. The summed E-state index contributed by atoms with van der Waals surface area (Å²) in [4.78, 5) is 0. The SMILES string of the molecule is CNCc1nnc(CC(C)(C)C)s1. The van der Waals surface area contributed by atoms with Crippen molar-refractivity contribution in [3.63, 3.8) is 0 Å². The average Bonchev–Trinajstić information content (AvgIpc) is 2.33. The molecule has 0 aliphatic heterocycles. The first-order valence-electron chi connectivity index (χ1n) is 4.47. The zero-order valence-electron chi connectivity index (χ0n) is 8.72. The normalized spacial score (nSPS) is 12.0. The van der Waals surface area contributed by atoms with Gasteiger partial charge in [0, 0.05) is 13.0 Å². The van der Waals surface area contributed by atoms with Gasteiger partial charge in [-0.3, -0.25) is 0 Å². The van der Waals surface area contributed by atoms with E-state index in [0.29, 0.717) is 5.41 Å². The molecule has 13 heavy (non-hydrogen) atoms. The topological polar surface area (TPSA) is 37.8 Å². The summed E-state index contributed by atoms with van der Waals surface area (Å²) >= 11 is 1.70. The van der Waals surface area contributed by atoms with Crippen LogP contribution in [0.25, 0.3) is 0 Å².